The third-order valence-electron chi connectivity index (χ3n) is 5.05. The third kappa shape index (κ3) is 2.94. The number of amides is 2. The number of halogens is 2. The fourth-order valence-electron chi connectivity index (χ4n) is 3.95. The summed E-state index contributed by atoms with van der Waals surface area (Å²) in [4.78, 5) is 14.4. The lowest BCUT2D eigenvalue weighted by molar-refractivity contribution is 0.151. The minimum Gasteiger partial charge on any atom is -0.321 e. The summed E-state index contributed by atoms with van der Waals surface area (Å²) in [5.74, 6) is 1.11. The van der Waals surface area contributed by atoms with Crippen LogP contribution >= 0.6 is 0 Å². The van der Waals surface area contributed by atoms with Gasteiger partial charge in [-0.2, -0.15) is 0 Å². The minimum atomic E-state index is -2.52. The number of anilines is 1. The molecule has 22 heavy (non-hydrogen) atoms. The van der Waals surface area contributed by atoms with E-state index in [4.69, 9.17) is 0 Å². The molecule has 5 heteroatoms. The maximum absolute atomic E-state index is 12.7. The molecule has 1 saturated carbocycles. The molecule has 1 aliphatic heterocycles. The Bertz CT molecular complexity index is 549. The number of hydrogen-bond acceptors (Lipinski definition) is 1. The number of carbonyl (C=O) groups is 1. The first-order chi connectivity index (χ1) is 10.6. The number of alkyl halides is 2. The Kier molecular flexibility index (Phi) is 4.32. The van der Waals surface area contributed by atoms with Gasteiger partial charge in [-0.1, -0.05) is 31.9 Å². The van der Waals surface area contributed by atoms with Gasteiger partial charge in [0.1, 0.15) is 0 Å². The Labute approximate surface area is 129 Å². The predicted molar refractivity (Wildman–Crippen MR) is 82.0 cm³/mol. The standard InChI is InChI=1S/C17H22F2N2O/c1-11-10-21(15-8-3-2-7-14(11)15)17(22)20-13-6-4-5-12(9-13)16(18)19/h4-6,9,11,14-16H,2-3,7-8,10H2,1H3,(H,20,22). The van der Waals surface area contributed by atoms with E-state index in [0.29, 0.717) is 23.6 Å². The first-order valence-electron chi connectivity index (χ1n) is 8.02. The van der Waals surface area contributed by atoms with Gasteiger partial charge < -0.3 is 10.2 Å². The van der Waals surface area contributed by atoms with Crippen LogP contribution in [0.4, 0.5) is 19.3 Å². The maximum Gasteiger partial charge on any atom is 0.322 e. The van der Waals surface area contributed by atoms with Crippen molar-refractivity contribution >= 4 is 11.7 Å². The molecule has 1 aliphatic carbocycles. The van der Waals surface area contributed by atoms with E-state index < -0.39 is 6.43 Å². The van der Waals surface area contributed by atoms with Crippen LogP contribution in [0.2, 0.25) is 0 Å². The van der Waals surface area contributed by atoms with Crippen LogP contribution in [-0.2, 0) is 0 Å². The second-order valence-electron chi connectivity index (χ2n) is 6.50. The summed E-state index contributed by atoms with van der Waals surface area (Å²) in [7, 11) is 0. The highest BCUT2D eigenvalue weighted by Crippen LogP contribution is 2.39. The third-order valence-corrected chi connectivity index (χ3v) is 5.05. The van der Waals surface area contributed by atoms with E-state index in [9.17, 15) is 13.6 Å². The highest BCUT2D eigenvalue weighted by Gasteiger charge is 2.42. The van der Waals surface area contributed by atoms with Crippen LogP contribution in [0.3, 0.4) is 0 Å². The molecule has 1 saturated heterocycles. The van der Waals surface area contributed by atoms with Crippen molar-refractivity contribution < 1.29 is 13.6 Å². The van der Waals surface area contributed by atoms with Crippen LogP contribution in [0.1, 0.15) is 44.6 Å². The van der Waals surface area contributed by atoms with E-state index in [0.717, 1.165) is 13.0 Å². The molecule has 120 valence electrons. The summed E-state index contributed by atoms with van der Waals surface area (Å²) >= 11 is 0. The molecule has 1 aromatic rings. The molecule has 0 aromatic heterocycles. The van der Waals surface area contributed by atoms with Crippen LogP contribution < -0.4 is 5.32 Å². The van der Waals surface area contributed by atoms with Gasteiger partial charge in [0.15, 0.2) is 0 Å². The van der Waals surface area contributed by atoms with Crippen molar-refractivity contribution in [3.63, 3.8) is 0 Å². The smallest absolute Gasteiger partial charge is 0.321 e. The number of rotatable bonds is 2. The summed E-state index contributed by atoms with van der Waals surface area (Å²) in [5.41, 5.74) is 0.373. The molecule has 1 N–H and O–H groups in total. The Morgan fingerprint density at radius 2 is 2.09 bits per heavy atom. The van der Waals surface area contributed by atoms with Crippen LogP contribution in [-0.4, -0.2) is 23.5 Å². The van der Waals surface area contributed by atoms with Crippen LogP contribution in [0.25, 0.3) is 0 Å². The molecule has 0 bridgehead atoms. The monoisotopic (exact) mass is 308 g/mol. The number of carbonyl (C=O) groups excluding carboxylic acids is 1. The van der Waals surface area contributed by atoms with Crippen LogP contribution in [0.5, 0.6) is 0 Å². The van der Waals surface area contributed by atoms with Gasteiger partial charge >= 0.3 is 6.03 Å². The quantitative estimate of drug-likeness (QED) is 0.846. The Morgan fingerprint density at radius 1 is 1.32 bits per heavy atom. The van der Waals surface area contributed by atoms with Crippen LogP contribution in [0.15, 0.2) is 24.3 Å². The zero-order valence-corrected chi connectivity index (χ0v) is 12.8. The molecular formula is C17H22F2N2O. The van der Waals surface area contributed by atoms with E-state index in [-0.39, 0.29) is 11.6 Å². The van der Waals surface area contributed by atoms with Crippen LogP contribution in [0, 0.1) is 11.8 Å². The zero-order chi connectivity index (χ0) is 15.7. The molecule has 2 aliphatic rings. The van der Waals surface area contributed by atoms with E-state index in [2.05, 4.69) is 12.2 Å². The average Bonchev–Trinajstić information content (AvgIpc) is 2.85. The molecule has 3 nitrogen and oxygen atoms in total. The lowest BCUT2D eigenvalue weighted by Crippen LogP contribution is -2.41. The number of likely N-dealkylation sites (tertiary alicyclic amines) is 1. The van der Waals surface area contributed by atoms with E-state index in [1.807, 2.05) is 4.90 Å². The molecule has 1 heterocycles. The Balaban J connectivity index is 1.70. The second-order valence-corrected chi connectivity index (χ2v) is 6.50. The highest BCUT2D eigenvalue weighted by atomic mass is 19.3. The molecule has 0 spiro atoms. The second kappa shape index (κ2) is 6.23. The number of nitrogens with one attached hydrogen (secondary N) is 1. The summed E-state index contributed by atoms with van der Waals surface area (Å²) in [6.45, 7) is 2.96. The van der Waals surface area contributed by atoms with Gasteiger partial charge in [-0.3, -0.25) is 0 Å². The van der Waals surface area contributed by atoms with Crippen molar-refractivity contribution in [3.8, 4) is 0 Å². The Morgan fingerprint density at radius 3 is 2.86 bits per heavy atom. The first-order valence-corrected chi connectivity index (χ1v) is 8.02. The molecule has 3 rings (SSSR count). The van der Waals surface area contributed by atoms with Crippen molar-refractivity contribution in [1.82, 2.24) is 4.90 Å². The van der Waals surface area contributed by atoms with Crippen molar-refractivity contribution in [2.75, 3.05) is 11.9 Å². The molecule has 1 aromatic carbocycles. The zero-order valence-electron chi connectivity index (χ0n) is 12.8. The van der Waals surface area contributed by atoms with Gasteiger partial charge in [0.2, 0.25) is 0 Å². The number of nitrogens with zero attached hydrogens (tertiary/aromatic N) is 1. The van der Waals surface area contributed by atoms with Gasteiger partial charge in [-0.25, -0.2) is 13.6 Å². The molecule has 3 unspecified atom stereocenters. The van der Waals surface area contributed by atoms with E-state index in [1.54, 1.807) is 12.1 Å². The number of fused-ring (bicyclic) bond motifs is 1. The van der Waals surface area contributed by atoms with Gasteiger partial charge in [-0.05, 0) is 36.8 Å². The topological polar surface area (TPSA) is 32.3 Å². The molecule has 2 fully saturated rings. The first kappa shape index (κ1) is 15.3. The van der Waals surface area contributed by atoms with Gasteiger partial charge in [0.05, 0.1) is 0 Å². The highest BCUT2D eigenvalue weighted by molar-refractivity contribution is 5.89. The largest absolute Gasteiger partial charge is 0.322 e. The number of urea groups is 1. The van der Waals surface area contributed by atoms with Crippen molar-refractivity contribution in [1.29, 1.82) is 0 Å². The average molecular weight is 308 g/mol. The summed E-state index contributed by atoms with van der Waals surface area (Å²) in [5, 5.41) is 2.79. The van der Waals surface area contributed by atoms with E-state index >= 15 is 0 Å². The van der Waals surface area contributed by atoms with Gasteiger partial charge in [0, 0.05) is 23.8 Å². The van der Waals surface area contributed by atoms with Crippen molar-refractivity contribution in [2.45, 2.75) is 45.1 Å². The molecule has 0 radical (unpaired) electrons. The predicted octanol–water partition coefficient (Wildman–Crippen LogP) is 4.67. The van der Waals surface area contributed by atoms with Crippen molar-refractivity contribution in [2.24, 2.45) is 11.8 Å². The molecule has 2 amide bonds. The fourth-order valence-corrected chi connectivity index (χ4v) is 3.95. The molecular weight excluding hydrogens is 286 g/mol. The summed E-state index contributed by atoms with van der Waals surface area (Å²) < 4.78 is 25.5. The summed E-state index contributed by atoms with van der Waals surface area (Å²) in [6, 6.07) is 6.07. The van der Waals surface area contributed by atoms with Crippen molar-refractivity contribution in [3.05, 3.63) is 29.8 Å². The SMILES string of the molecule is CC1CN(C(=O)Nc2cccc(C(F)F)c2)C2CCCCC12. The normalized spacial score (nSPS) is 27.8. The van der Waals surface area contributed by atoms with Gasteiger partial charge in [-0.15, -0.1) is 0 Å². The fraction of sp³-hybridized carbons (Fsp3) is 0.588. The number of benzene rings is 1. The number of hydrogen-bond donors (Lipinski definition) is 1. The Hall–Kier alpha value is -1.65. The van der Waals surface area contributed by atoms with E-state index in [1.165, 1.54) is 31.4 Å². The lowest BCUT2D eigenvalue weighted by atomic mass is 9.80. The lowest BCUT2D eigenvalue weighted by Gasteiger charge is -2.32. The van der Waals surface area contributed by atoms with Gasteiger partial charge in [0.25, 0.3) is 6.43 Å². The minimum absolute atomic E-state index is 0.0665. The molecule has 3 atom stereocenters. The maximum atomic E-state index is 12.7. The summed E-state index contributed by atoms with van der Waals surface area (Å²) in [6.07, 6.45) is 2.14.